The van der Waals surface area contributed by atoms with Gasteiger partial charge in [0, 0.05) is 24.7 Å². The fourth-order valence-corrected chi connectivity index (χ4v) is 5.08. The average molecular weight is 542 g/mol. The number of rotatable bonds is 11. The first-order chi connectivity index (χ1) is 20.3. The van der Waals surface area contributed by atoms with Crippen LogP contribution in [0, 0.1) is 0 Å². The molecule has 1 aliphatic rings. The van der Waals surface area contributed by atoms with Gasteiger partial charge in [0.15, 0.2) is 0 Å². The lowest BCUT2D eigenvalue weighted by molar-refractivity contribution is 0.287. The van der Waals surface area contributed by atoms with Crippen molar-refractivity contribution in [3.8, 4) is 28.4 Å². The molecule has 5 aromatic rings. The molecule has 0 fully saturated rings. The highest BCUT2D eigenvalue weighted by Crippen LogP contribution is 2.30. The Hall–Kier alpha value is -4.54. The molecule has 0 aromatic heterocycles. The number of nitrogens with one attached hydrogen (secondary N) is 1. The van der Waals surface area contributed by atoms with Gasteiger partial charge in [0.05, 0.1) is 6.61 Å². The molecule has 6 rings (SSSR count). The van der Waals surface area contributed by atoms with Crippen LogP contribution in [-0.2, 0) is 32.7 Å². The van der Waals surface area contributed by atoms with E-state index in [1.807, 2.05) is 48.5 Å². The number of fused-ring (bicyclic) bond motifs is 1. The lowest BCUT2D eigenvalue weighted by atomic mass is 9.98. The molecule has 5 aromatic carbocycles. The summed E-state index contributed by atoms with van der Waals surface area (Å²) < 4.78 is 18.2. The highest BCUT2D eigenvalue weighted by atomic mass is 16.5. The van der Waals surface area contributed by atoms with Crippen molar-refractivity contribution in [2.45, 2.75) is 39.1 Å². The molecule has 41 heavy (non-hydrogen) atoms. The summed E-state index contributed by atoms with van der Waals surface area (Å²) in [5.74, 6) is 2.66. The normalized spacial score (nSPS) is 12.3. The predicted octanol–water partition coefficient (Wildman–Crippen LogP) is 8.13. The van der Waals surface area contributed by atoms with Crippen molar-refractivity contribution in [2.24, 2.45) is 0 Å². The van der Waals surface area contributed by atoms with Gasteiger partial charge in [-0.1, -0.05) is 97.1 Å². The first kappa shape index (κ1) is 26.7. The standard InChI is InChI=1S/C37H35NO3/c1-3-8-29(9-4-1)26-40-35-19-17-34(37(23-35)41-27-30-10-5-2-6-11-30)25-38-24-28-13-15-31(16-14-28)32-18-20-36-33(22-32)12-7-21-39-36/h1-6,8-11,13-20,22-23,38H,7,12,21,24-27H2. The number of hydrogen-bond donors (Lipinski definition) is 1. The Bertz CT molecular complexity index is 1550. The van der Waals surface area contributed by atoms with E-state index < -0.39 is 0 Å². The van der Waals surface area contributed by atoms with E-state index in [-0.39, 0.29) is 0 Å². The summed E-state index contributed by atoms with van der Waals surface area (Å²) in [5, 5.41) is 3.60. The van der Waals surface area contributed by atoms with Gasteiger partial charge in [0.1, 0.15) is 30.5 Å². The van der Waals surface area contributed by atoms with Crippen LogP contribution in [0.1, 0.15) is 34.2 Å². The van der Waals surface area contributed by atoms with Crippen molar-refractivity contribution in [3.05, 3.63) is 149 Å². The van der Waals surface area contributed by atoms with Crippen LogP contribution in [0.4, 0.5) is 0 Å². The van der Waals surface area contributed by atoms with Crippen molar-refractivity contribution in [1.29, 1.82) is 0 Å². The SMILES string of the molecule is c1ccc(COc2ccc(CNCc3ccc(-c4ccc5c(c4)CCCO5)cc3)c(OCc3ccccc3)c2)cc1. The van der Waals surface area contributed by atoms with Crippen molar-refractivity contribution in [1.82, 2.24) is 5.32 Å². The first-order valence-corrected chi connectivity index (χ1v) is 14.3. The Morgan fingerprint density at radius 3 is 2.07 bits per heavy atom. The van der Waals surface area contributed by atoms with Crippen LogP contribution in [-0.4, -0.2) is 6.61 Å². The quantitative estimate of drug-likeness (QED) is 0.183. The van der Waals surface area contributed by atoms with Gasteiger partial charge in [0.25, 0.3) is 0 Å². The van der Waals surface area contributed by atoms with Crippen LogP contribution in [0.2, 0.25) is 0 Å². The smallest absolute Gasteiger partial charge is 0.127 e. The molecular formula is C37H35NO3. The topological polar surface area (TPSA) is 39.7 Å². The number of hydrogen-bond acceptors (Lipinski definition) is 4. The summed E-state index contributed by atoms with van der Waals surface area (Å²) >= 11 is 0. The number of ether oxygens (including phenoxy) is 3. The Morgan fingerprint density at radius 2 is 1.32 bits per heavy atom. The minimum Gasteiger partial charge on any atom is -0.493 e. The molecule has 0 saturated carbocycles. The Balaban J connectivity index is 1.09. The molecule has 0 unspecified atom stereocenters. The first-order valence-electron chi connectivity index (χ1n) is 14.3. The van der Waals surface area contributed by atoms with Gasteiger partial charge in [0.2, 0.25) is 0 Å². The molecule has 4 heteroatoms. The maximum Gasteiger partial charge on any atom is 0.127 e. The molecule has 206 valence electrons. The van der Waals surface area contributed by atoms with Gasteiger partial charge < -0.3 is 19.5 Å². The van der Waals surface area contributed by atoms with Gasteiger partial charge in [-0.3, -0.25) is 0 Å². The van der Waals surface area contributed by atoms with E-state index in [1.54, 1.807) is 0 Å². The van der Waals surface area contributed by atoms with E-state index in [2.05, 4.69) is 78.1 Å². The van der Waals surface area contributed by atoms with Crippen molar-refractivity contribution in [2.75, 3.05) is 6.61 Å². The number of benzene rings is 5. The van der Waals surface area contributed by atoms with E-state index in [0.717, 1.165) is 59.9 Å². The summed E-state index contributed by atoms with van der Waals surface area (Å²) in [7, 11) is 0. The highest BCUT2D eigenvalue weighted by molar-refractivity contribution is 5.66. The van der Waals surface area contributed by atoms with Gasteiger partial charge in [-0.25, -0.2) is 0 Å². The largest absolute Gasteiger partial charge is 0.493 e. The Morgan fingerprint density at radius 1 is 0.610 bits per heavy atom. The third kappa shape index (κ3) is 7.16. The molecule has 0 spiro atoms. The number of aryl methyl sites for hydroxylation is 1. The van der Waals surface area contributed by atoms with E-state index in [0.29, 0.717) is 19.8 Å². The summed E-state index contributed by atoms with van der Waals surface area (Å²) in [4.78, 5) is 0. The van der Waals surface area contributed by atoms with Crippen LogP contribution in [0.15, 0.2) is 121 Å². The maximum atomic E-state index is 6.29. The molecule has 4 nitrogen and oxygen atoms in total. The van der Waals surface area contributed by atoms with E-state index >= 15 is 0 Å². The molecule has 1 N–H and O–H groups in total. The van der Waals surface area contributed by atoms with Crippen LogP contribution in [0.25, 0.3) is 11.1 Å². The molecule has 0 saturated heterocycles. The fourth-order valence-electron chi connectivity index (χ4n) is 5.08. The zero-order valence-corrected chi connectivity index (χ0v) is 23.2. The van der Waals surface area contributed by atoms with Crippen molar-refractivity contribution < 1.29 is 14.2 Å². The molecular weight excluding hydrogens is 506 g/mol. The predicted molar refractivity (Wildman–Crippen MR) is 164 cm³/mol. The molecule has 0 bridgehead atoms. The van der Waals surface area contributed by atoms with Crippen molar-refractivity contribution in [3.63, 3.8) is 0 Å². The van der Waals surface area contributed by atoms with E-state index in [9.17, 15) is 0 Å². The Labute approximate surface area is 242 Å². The minimum absolute atomic E-state index is 0.506. The molecule has 0 radical (unpaired) electrons. The van der Waals surface area contributed by atoms with Crippen LogP contribution < -0.4 is 19.5 Å². The lowest BCUT2D eigenvalue weighted by Crippen LogP contribution is -2.14. The third-order valence-electron chi connectivity index (χ3n) is 7.36. The van der Waals surface area contributed by atoms with Crippen LogP contribution in [0.5, 0.6) is 17.2 Å². The van der Waals surface area contributed by atoms with Gasteiger partial charge >= 0.3 is 0 Å². The van der Waals surface area contributed by atoms with E-state index in [4.69, 9.17) is 14.2 Å². The zero-order chi connectivity index (χ0) is 27.7. The molecule has 1 aliphatic heterocycles. The van der Waals surface area contributed by atoms with Gasteiger partial charge in [-0.2, -0.15) is 0 Å². The molecule has 0 atom stereocenters. The van der Waals surface area contributed by atoms with Gasteiger partial charge in [-0.15, -0.1) is 0 Å². The summed E-state index contributed by atoms with van der Waals surface area (Å²) in [6.07, 6.45) is 2.17. The van der Waals surface area contributed by atoms with Crippen molar-refractivity contribution >= 4 is 0 Å². The third-order valence-corrected chi connectivity index (χ3v) is 7.36. The molecule has 0 amide bonds. The van der Waals surface area contributed by atoms with Crippen LogP contribution >= 0.6 is 0 Å². The minimum atomic E-state index is 0.506. The second kappa shape index (κ2) is 13.2. The average Bonchev–Trinajstić information content (AvgIpc) is 3.04. The second-order valence-corrected chi connectivity index (χ2v) is 10.4. The monoisotopic (exact) mass is 541 g/mol. The fraction of sp³-hybridized carbons (Fsp3) is 0.189. The summed E-state index contributed by atoms with van der Waals surface area (Å²) in [6, 6.07) is 41.9. The van der Waals surface area contributed by atoms with E-state index in [1.165, 1.54) is 22.3 Å². The van der Waals surface area contributed by atoms with Crippen LogP contribution in [0.3, 0.4) is 0 Å². The highest BCUT2D eigenvalue weighted by Gasteiger charge is 2.12. The summed E-state index contributed by atoms with van der Waals surface area (Å²) in [6.45, 7) is 3.30. The zero-order valence-electron chi connectivity index (χ0n) is 23.2. The van der Waals surface area contributed by atoms with Gasteiger partial charge in [-0.05, 0) is 64.4 Å². The summed E-state index contributed by atoms with van der Waals surface area (Å²) in [5.41, 5.74) is 8.38. The molecule has 0 aliphatic carbocycles. The second-order valence-electron chi connectivity index (χ2n) is 10.4. The maximum absolute atomic E-state index is 6.29. The molecule has 1 heterocycles. The lowest BCUT2D eigenvalue weighted by Gasteiger charge is -2.18. The Kier molecular flexibility index (Phi) is 8.59.